The fourth-order valence-corrected chi connectivity index (χ4v) is 5.11. The molecule has 0 aliphatic carbocycles. The Morgan fingerprint density at radius 1 is 1.04 bits per heavy atom. The fourth-order valence-electron chi connectivity index (χ4n) is 3.86. The Morgan fingerprint density at radius 2 is 1.71 bits per heavy atom. The molecule has 1 saturated heterocycles. The molecule has 0 saturated carbocycles. The molecule has 28 heavy (non-hydrogen) atoms. The molecule has 0 atom stereocenters. The predicted molar refractivity (Wildman–Crippen MR) is 108 cm³/mol. The van der Waals surface area contributed by atoms with E-state index in [1.807, 2.05) is 11.0 Å². The number of benzene rings is 2. The van der Waals surface area contributed by atoms with Crippen molar-refractivity contribution in [3.05, 3.63) is 65.7 Å². The van der Waals surface area contributed by atoms with Gasteiger partial charge in [0.2, 0.25) is 5.91 Å². The smallest absolute Gasteiger partial charge is 0.263 e. The van der Waals surface area contributed by atoms with Gasteiger partial charge in [-0.1, -0.05) is 42.5 Å². The van der Waals surface area contributed by atoms with Crippen molar-refractivity contribution in [2.75, 3.05) is 19.6 Å². The van der Waals surface area contributed by atoms with E-state index in [0.717, 1.165) is 25.9 Å². The minimum atomic E-state index is -3.53. The number of rotatable bonds is 4. The third-order valence-corrected chi connectivity index (χ3v) is 6.77. The summed E-state index contributed by atoms with van der Waals surface area (Å²) in [6.45, 7) is 1.78. The normalized spacial score (nSPS) is 20.0. The summed E-state index contributed by atoms with van der Waals surface area (Å²) in [6.07, 6.45) is 2.22. The minimum absolute atomic E-state index is 0.0741. The zero-order valence-electron chi connectivity index (χ0n) is 15.5. The number of hydrogen-bond donors (Lipinski definition) is 1. The maximum atomic E-state index is 12.5. The molecule has 2 aromatic carbocycles. The van der Waals surface area contributed by atoms with Gasteiger partial charge < -0.3 is 4.90 Å². The molecular formula is C21H23N3O3S. The lowest BCUT2D eigenvalue weighted by atomic mass is 9.89. The van der Waals surface area contributed by atoms with Crippen LogP contribution in [0.5, 0.6) is 0 Å². The molecule has 2 aromatic rings. The summed E-state index contributed by atoms with van der Waals surface area (Å²) < 4.78 is 26.6. The number of fused-ring (bicyclic) bond motifs is 1. The van der Waals surface area contributed by atoms with Crippen molar-refractivity contribution < 1.29 is 13.2 Å². The number of amidine groups is 1. The second kappa shape index (κ2) is 7.75. The highest BCUT2D eigenvalue weighted by Crippen LogP contribution is 2.28. The van der Waals surface area contributed by atoms with Gasteiger partial charge in [0, 0.05) is 25.1 Å². The number of amides is 1. The molecule has 1 fully saturated rings. The zero-order chi connectivity index (χ0) is 19.6. The summed E-state index contributed by atoms with van der Waals surface area (Å²) in [5, 5.41) is 0. The predicted octanol–water partition coefficient (Wildman–Crippen LogP) is 2.52. The van der Waals surface area contributed by atoms with Gasteiger partial charge in [0.15, 0.2) is 0 Å². The number of carbonyl (C=O) groups excluding carboxylic acids is 1. The highest BCUT2D eigenvalue weighted by atomic mass is 32.2. The van der Waals surface area contributed by atoms with Crippen LogP contribution in [0.3, 0.4) is 0 Å². The van der Waals surface area contributed by atoms with Crippen LogP contribution in [0.25, 0.3) is 0 Å². The van der Waals surface area contributed by atoms with Gasteiger partial charge in [0.05, 0.1) is 11.4 Å². The first-order valence-electron chi connectivity index (χ1n) is 9.54. The first-order chi connectivity index (χ1) is 13.5. The number of nitrogens with one attached hydrogen (secondary N) is 1. The van der Waals surface area contributed by atoms with Gasteiger partial charge in [-0.3, -0.25) is 14.5 Å². The lowest BCUT2D eigenvalue weighted by Crippen LogP contribution is -2.38. The van der Waals surface area contributed by atoms with Crippen molar-refractivity contribution in [2.45, 2.75) is 30.1 Å². The maximum Gasteiger partial charge on any atom is 0.263 e. The van der Waals surface area contributed by atoms with E-state index in [0.29, 0.717) is 17.3 Å². The van der Waals surface area contributed by atoms with Crippen LogP contribution in [0.1, 0.15) is 36.3 Å². The second-order valence-electron chi connectivity index (χ2n) is 7.15. The average molecular weight is 398 g/mol. The van der Waals surface area contributed by atoms with Crippen molar-refractivity contribution >= 4 is 21.8 Å². The van der Waals surface area contributed by atoms with E-state index in [1.165, 1.54) is 5.56 Å². The molecule has 0 unspecified atom stereocenters. The lowest BCUT2D eigenvalue weighted by Gasteiger charge is -2.32. The van der Waals surface area contributed by atoms with Gasteiger partial charge in [-0.25, -0.2) is 8.42 Å². The van der Waals surface area contributed by atoms with E-state index in [-0.39, 0.29) is 23.8 Å². The van der Waals surface area contributed by atoms with Crippen LogP contribution in [-0.4, -0.2) is 44.7 Å². The zero-order valence-corrected chi connectivity index (χ0v) is 16.4. The number of piperidine rings is 1. The van der Waals surface area contributed by atoms with Crippen LogP contribution < -0.4 is 4.72 Å². The van der Waals surface area contributed by atoms with Crippen molar-refractivity contribution in [2.24, 2.45) is 4.99 Å². The molecule has 6 nitrogen and oxygen atoms in total. The third-order valence-electron chi connectivity index (χ3n) is 5.38. The number of hydrogen-bond acceptors (Lipinski definition) is 4. The highest BCUT2D eigenvalue weighted by molar-refractivity contribution is 7.90. The van der Waals surface area contributed by atoms with Crippen LogP contribution in [-0.2, 0) is 14.8 Å². The molecule has 0 spiro atoms. The number of nitrogens with zero attached hydrogens (tertiary/aromatic N) is 2. The van der Waals surface area contributed by atoms with Crippen LogP contribution in [0.15, 0.2) is 64.5 Å². The van der Waals surface area contributed by atoms with Gasteiger partial charge in [0.1, 0.15) is 5.84 Å². The maximum absolute atomic E-state index is 12.5. The second-order valence-corrected chi connectivity index (χ2v) is 8.80. The van der Waals surface area contributed by atoms with Crippen molar-refractivity contribution in [3.8, 4) is 0 Å². The number of likely N-dealkylation sites (tertiary alicyclic amines) is 1. The van der Waals surface area contributed by atoms with Gasteiger partial charge in [-0.15, -0.1) is 0 Å². The van der Waals surface area contributed by atoms with E-state index >= 15 is 0 Å². The monoisotopic (exact) mass is 397 g/mol. The van der Waals surface area contributed by atoms with Crippen LogP contribution in [0.2, 0.25) is 0 Å². The summed E-state index contributed by atoms with van der Waals surface area (Å²) in [5.74, 6) is 0.908. The van der Waals surface area contributed by atoms with Crippen molar-refractivity contribution in [1.82, 2.24) is 9.62 Å². The number of sulfonamides is 1. The van der Waals surface area contributed by atoms with Crippen molar-refractivity contribution in [1.29, 1.82) is 0 Å². The SMILES string of the molecule is O=C(CCN=C1NS(=O)(=O)c2ccccc21)N1CCC(c2ccccc2)CC1. The van der Waals surface area contributed by atoms with Crippen LogP contribution in [0, 0.1) is 0 Å². The topological polar surface area (TPSA) is 78.8 Å². The molecule has 2 aliphatic rings. The molecule has 1 N–H and O–H groups in total. The van der Waals surface area contributed by atoms with Gasteiger partial charge >= 0.3 is 0 Å². The molecule has 146 valence electrons. The third kappa shape index (κ3) is 3.80. The quantitative estimate of drug-likeness (QED) is 0.861. The van der Waals surface area contributed by atoms with Gasteiger partial charge in [-0.05, 0) is 36.5 Å². The lowest BCUT2D eigenvalue weighted by molar-refractivity contribution is -0.132. The number of carbonyl (C=O) groups is 1. The summed E-state index contributed by atoms with van der Waals surface area (Å²) in [4.78, 5) is 19.0. The minimum Gasteiger partial charge on any atom is -0.343 e. The molecule has 0 bridgehead atoms. The first-order valence-corrected chi connectivity index (χ1v) is 11.0. The Hall–Kier alpha value is -2.67. The molecule has 4 rings (SSSR count). The summed E-state index contributed by atoms with van der Waals surface area (Å²) in [7, 11) is -3.53. The Kier molecular flexibility index (Phi) is 5.17. The molecule has 7 heteroatoms. The van der Waals surface area contributed by atoms with Crippen LogP contribution >= 0.6 is 0 Å². The molecule has 0 radical (unpaired) electrons. The Labute approximate surface area is 165 Å². The average Bonchev–Trinajstić information content (AvgIpc) is 2.99. The van der Waals surface area contributed by atoms with E-state index in [4.69, 9.17) is 0 Å². The van der Waals surface area contributed by atoms with Gasteiger partial charge in [0.25, 0.3) is 10.0 Å². The fraction of sp³-hybridized carbons (Fsp3) is 0.333. The van der Waals surface area contributed by atoms with Crippen molar-refractivity contribution in [3.63, 3.8) is 0 Å². The largest absolute Gasteiger partial charge is 0.343 e. The molecule has 1 amide bonds. The Morgan fingerprint density at radius 3 is 2.46 bits per heavy atom. The summed E-state index contributed by atoms with van der Waals surface area (Å²) >= 11 is 0. The first kappa shape index (κ1) is 18.7. The molecule has 2 aliphatic heterocycles. The Balaban J connectivity index is 1.32. The van der Waals surface area contributed by atoms with E-state index in [9.17, 15) is 13.2 Å². The highest BCUT2D eigenvalue weighted by Gasteiger charge is 2.30. The van der Waals surface area contributed by atoms with Gasteiger partial charge in [-0.2, -0.15) is 0 Å². The number of aliphatic imine (C=N–C) groups is 1. The van der Waals surface area contributed by atoms with E-state index in [1.54, 1.807) is 24.3 Å². The van der Waals surface area contributed by atoms with E-state index in [2.05, 4.69) is 34.0 Å². The summed E-state index contributed by atoms with van der Waals surface area (Å²) in [6, 6.07) is 17.2. The molecule has 0 aromatic heterocycles. The molecular weight excluding hydrogens is 374 g/mol. The van der Waals surface area contributed by atoms with Crippen LogP contribution in [0.4, 0.5) is 0 Å². The standard InChI is InChI=1S/C21H23N3O3S/c25-20(24-14-11-17(12-15-24)16-6-2-1-3-7-16)10-13-22-21-18-8-4-5-9-19(18)28(26,27)23-21/h1-9,17H,10-15H2,(H,22,23). The Bertz CT molecular complexity index is 995. The summed E-state index contributed by atoms with van der Waals surface area (Å²) in [5.41, 5.74) is 1.91. The molecule has 2 heterocycles. The van der Waals surface area contributed by atoms with E-state index < -0.39 is 10.0 Å².